The summed E-state index contributed by atoms with van der Waals surface area (Å²) in [5.41, 5.74) is 0. The van der Waals surface area contributed by atoms with E-state index in [0.717, 1.165) is 50.4 Å². The van der Waals surface area contributed by atoms with Gasteiger partial charge in [-0.15, -0.1) is 5.10 Å². The van der Waals surface area contributed by atoms with Gasteiger partial charge in [-0.05, 0) is 38.0 Å². The quantitative estimate of drug-likeness (QED) is 0.851. The van der Waals surface area contributed by atoms with Crippen LogP contribution in [0.3, 0.4) is 0 Å². The van der Waals surface area contributed by atoms with Crippen LogP contribution >= 0.6 is 0 Å². The molecule has 6 heteroatoms. The monoisotopic (exact) mass is 277 g/mol. The van der Waals surface area contributed by atoms with Crippen LogP contribution in [0.25, 0.3) is 0 Å². The highest BCUT2D eigenvalue weighted by Gasteiger charge is 2.36. The van der Waals surface area contributed by atoms with Crippen LogP contribution in [0.4, 0.5) is 5.95 Å². The Bertz CT molecular complexity index is 456. The fourth-order valence-electron chi connectivity index (χ4n) is 3.81. The van der Waals surface area contributed by atoms with E-state index >= 15 is 0 Å². The summed E-state index contributed by atoms with van der Waals surface area (Å²) in [5, 5.41) is 11.1. The van der Waals surface area contributed by atoms with Gasteiger partial charge < -0.3 is 15.0 Å². The third-order valence-electron chi connectivity index (χ3n) is 4.91. The summed E-state index contributed by atoms with van der Waals surface area (Å²) in [7, 11) is 0. The summed E-state index contributed by atoms with van der Waals surface area (Å²) in [6.07, 6.45) is 6.14. The van der Waals surface area contributed by atoms with E-state index in [9.17, 15) is 0 Å². The SMILES string of the molecule is C1CCC(c2nc(N3CCCC4CNCC43)n[nH]2)OC1. The largest absolute Gasteiger partial charge is 0.370 e. The van der Waals surface area contributed by atoms with Crippen molar-refractivity contribution >= 4 is 5.95 Å². The molecule has 3 unspecified atom stereocenters. The molecule has 2 N–H and O–H groups in total. The summed E-state index contributed by atoms with van der Waals surface area (Å²) < 4.78 is 5.79. The second-order valence-electron chi connectivity index (χ2n) is 6.20. The third kappa shape index (κ3) is 2.20. The first kappa shape index (κ1) is 12.6. The zero-order valence-corrected chi connectivity index (χ0v) is 11.8. The van der Waals surface area contributed by atoms with Crippen molar-refractivity contribution < 1.29 is 4.74 Å². The number of aromatic amines is 1. The number of anilines is 1. The molecular formula is C14H23N5O. The summed E-state index contributed by atoms with van der Waals surface area (Å²) in [4.78, 5) is 7.11. The molecule has 4 heterocycles. The van der Waals surface area contributed by atoms with Gasteiger partial charge >= 0.3 is 0 Å². The highest BCUT2D eigenvalue weighted by molar-refractivity contribution is 5.33. The van der Waals surface area contributed by atoms with Crippen molar-refractivity contribution in [2.24, 2.45) is 5.92 Å². The molecule has 0 radical (unpaired) electrons. The summed E-state index contributed by atoms with van der Waals surface area (Å²) >= 11 is 0. The van der Waals surface area contributed by atoms with E-state index in [2.05, 4.69) is 20.4 Å². The Hall–Kier alpha value is -1.14. The second kappa shape index (κ2) is 5.33. The molecule has 3 fully saturated rings. The lowest BCUT2D eigenvalue weighted by atomic mass is 9.92. The fourth-order valence-corrected chi connectivity index (χ4v) is 3.81. The number of nitrogens with one attached hydrogen (secondary N) is 2. The Labute approximate surface area is 119 Å². The number of hydrogen-bond donors (Lipinski definition) is 2. The van der Waals surface area contributed by atoms with E-state index in [1.54, 1.807) is 0 Å². The maximum absolute atomic E-state index is 5.79. The number of H-pyrrole nitrogens is 1. The number of piperidine rings is 1. The van der Waals surface area contributed by atoms with Crippen molar-refractivity contribution in [3.63, 3.8) is 0 Å². The average Bonchev–Trinajstić information content (AvgIpc) is 3.17. The maximum Gasteiger partial charge on any atom is 0.245 e. The minimum atomic E-state index is 0.118. The Morgan fingerprint density at radius 3 is 3.05 bits per heavy atom. The first-order valence-corrected chi connectivity index (χ1v) is 7.93. The van der Waals surface area contributed by atoms with Gasteiger partial charge in [-0.2, -0.15) is 4.98 Å². The minimum Gasteiger partial charge on any atom is -0.370 e. The molecule has 0 aliphatic carbocycles. The second-order valence-corrected chi connectivity index (χ2v) is 6.20. The van der Waals surface area contributed by atoms with E-state index in [0.29, 0.717) is 6.04 Å². The Morgan fingerprint density at radius 1 is 1.15 bits per heavy atom. The summed E-state index contributed by atoms with van der Waals surface area (Å²) in [6, 6.07) is 0.569. The number of hydrogen-bond acceptors (Lipinski definition) is 5. The highest BCUT2D eigenvalue weighted by Crippen LogP contribution is 2.31. The van der Waals surface area contributed by atoms with Gasteiger partial charge in [0.15, 0.2) is 5.82 Å². The Balaban J connectivity index is 1.51. The van der Waals surface area contributed by atoms with Crippen LogP contribution in [-0.4, -0.2) is 47.5 Å². The lowest BCUT2D eigenvalue weighted by Gasteiger charge is -2.36. The predicted octanol–water partition coefficient (Wildman–Crippen LogP) is 1.23. The summed E-state index contributed by atoms with van der Waals surface area (Å²) in [5.74, 6) is 2.54. The van der Waals surface area contributed by atoms with Crippen LogP contribution in [0.5, 0.6) is 0 Å². The van der Waals surface area contributed by atoms with Crippen molar-refractivity contribution in [3.05, 3.63) is 5.82 Å². The van der Waals surface area contributed by atoms with Crippen molar-refractivity contribution in [3.8, 4) is 0 Å². The number of ether oxygens (including phenoxy) is 1. The normalized spacial score (nSPS) is 34.2. The van der Waals surface area contributed by atoms with Gasteiger partial charge in [0.25, 0.3) is 0 Å². The van der Waals surface area contributed by atoms with Crippen molar-refractivity contribution in [2.45, 2.75) is 44.2 Å². The molecule has 6 nitrogen and oxygen atoms in total. The molecule has 1 aromatic heterocycles. The maximum atomic E-state index is 5.79. The first-order valence-electron chi connectivity index (χ1n) is 7.93. The molecule has 0 bridgehead atoms. The molecule has 0 spiro atoms. The van der Waals surface area contributed by atoms with Crippen LogP contribution in [-0.2, 0) is 4.74 Å². The Kier molecular flexibility index (Phi) is 3.36. The predicted molar refractivity (Wildman–Crippen MR) is 75.7 cm³/mol. The van der Waals surface area contributed by atoms with E-state index < -0.39 is 0 Å². The smallest absolute Gasteiger partial charge is 0.245 e. The molecule has 0 saturated carbocycles. The van der Waals surface area contributed by atoms with Crippen molar-refractivity contribution in [1.82, 2.24) is 20.5 Å². The minimum absolute atomic E-state index is 0.118. The number of aromatic nitrogens is 3. The molecule has 0 aromatic carbocycles. The zero-order chi connectivity index (χ0) is 13.4. The lowest BCUT2D eigenvalue weighted by molar-refractivity contribution is 0.00968. The molecule has 3 aliphatic heterocycles. The van der Waals surface area contributed by atoms with Crippen molar-refractivity contribution in [1.29, 1.82) is 0 Å². The van der Waals surface area contributed by atoms with Crippen LogP contribution in [0.2, 0.25) is 0 Å². The third-order valence-corrected chi connectivity index (χ3v) is 4.91. The van der Waals surface area contributed by atoms with Crippen LogP contribution < -0.4 is 10.2 Å². The van der Waals surface area contributed by atoms with E-state index in [4.69, 9.17) is 9.72 Å². The van der Waals surface area contributed by atoms with Crippen LogP contribution in [0.1, 0.15) is 44.0 Å². The van der Waals surface area contributed by atoms with Crippen LogP contribution in [0.15, 0.2) is 0 Å². The van der Waals surface area contributed by atoms with E-state index in [-0.39, 0.29) is 6.10 Å². The first-order chi connectivity index (χ1) is 9.92. The van der Waals surface area contributed by atoms with Crippen molar-refractivity contribution in [2.75, 3.05) is 31.1 Å². The molecule has 3 aliphatic rings. The van der Waals surface area contributed by atoms with E-state index in [1.807, 2.05) is 0 Å². The number of rotatable bonds is 2. The Morgan fingerprint density at radius 2 is 2.15 bits per heavy atom. The summed E-state index contributed by atoms with van der Waals surface area (Å²) in [6.45, 7) is 4.13. The molecule has 20 heavy (non-hydrogen) atoms. The molecule has 1 aromatic rings. The van der Waals surface area contributed by atoms with Gasteiger partial charge in [-0.25, -0.2) is 0 Å². The number of fused-ring (bicyclic) bond motifs is 1. The number of nitrogens with zero attached hydrogens (tertiary/aromatic N) is 3. The van der Waals surface area contributed by atoms with Gasteiger partial charge in [0.05, 0.1) is 0 Å². The van der Waals surface area contributed by atoms with Gasteiger partial charge in [0, 0.05) is 32.3 Å². The molecule has 0 amide bonds. The molecule has 3 saturated heterocycles. The molecular weight excluding hydrogens is 254 g/mol. The van der Waals surface area contributed by atoms with Gasteiger partial charge in [-0.1, -0.05) is 0 Å². The zero-order valence-electron chi connectivity index (χ0n) is 11.8. The fraction of sp³-hybridized carbons (Fsp3) is 0.857. The lowest BCUT2D eigenvalue weighted by Crippen LogP contribution is -2.45. The van der Waals surface area contributed by atoms with Crippen LogP contribution in [0, 0.1) is 5.92 Å². The molecule has 4 rings (SSSR count). The molecule has 3 atom stereocenters. The van der Waals surface area contributed by atoms with Gasteiger partial charge in [0.1, 0.15) is 6.10 Å². The topological polar surface area (TPSA) is 66.1 Å². The standard InChI is InChI=1S/C14H23N5O/c1-2-7-20-12(5-1)13-16-14(18-17-13)19-6-3-4-10-8-15-9-11(10)19/h10-12,15H,1-9H2,(H,16,17,18). The van der Waals surface area contributed by atoms with Gasteiger partial charge in [0.2, 0.25) is 5.95 Å². The van der Waals surface area contributed by atoms with E-state index in [1.165, 1.54) is 25.7 Å². The highest BCUT2D eigenvalue weighted by atomic mass is 16.5. The molecule has 110 valence electrons. The van der Waals surface area contributed by atoms with Gasteiger partial charge in [-0.3, -0.25) is 5.10 Å². The average molecular weight is 277 g/mol.